The summed E-state index contributed by atoms with van der Waals surface area (Å²) >= 11 is 1.38. The number of carbonyl (C=O) groups excluding carboxylic acids is 2. The Morgan fingerprint density at radius 2 is 2.13 bits per heavy atom. The van der Waals surface area contributed by atoms with E-state index in [2.05, 4.69) is 0 Å². The number of Topliss-reactive ketones (excluding diaryl/α,β-unsaturated/α-hetero) is 1. The molecule has 0 aromatic rings. The zero-order chi connectivity index (χ0) is 11.0. The van der Waals surface area contributed by atoms with Crippen molar-refractivity contribution in [3.63, 3.8) is 0 Å². The van der Waals surface area contributed by atoms with Gasteiger partial charge in [-0.2, -0.15) is 0 Å². The zero-order valence-corrected chi connectivity index (χ0v) is 9.75. The van der Waals surface area contributed by atoms with Gasteiger partial charge < -0.3 is 4.74 Å². The monoisotopic (exact) mass is 229 g/mol. The molecule has 2 rings (SSSR count). The minimum Gasteiger partial charge on any atom is -0.365 e. The molecule has 0 aromatic heterocycles. The lowest BCUT2D eigenvalue weighted by Crippen LogP contribution is -2.40. The fraction of sp³-hybridized carbons (Fsp3) is 0.800. The Hall–Kier alpha value is -0.550. The van der Waals surface area contributed by atoms with Crippen LogP contribution in [0.2, 0.25) is 0 Å². The molecule has 0 aliphatic carbocycles. The summed E-state index contributed by atoms with van der Waals surface area (Å²) in [5.41, 5.74) is -0.00319. The third-order valence-electron chi connectivity index (χ3n) is 2.92. The molecule has 1 amide bonds. The van der Waals surface area contributed by atoms with Gasteiger partial charge in [0.2, 0.25) is 5.91 Å². The van der Waals surface area contributed by atoms with Gasteiger partial charge in [0.05, 0.1) is 0 Å². The number of hydrogen-bond acceptors (Lipinski definition) is 4. The number of amides is 1. The highest BCUT2D eigenvalue weighted by molar-refractivity contribution is 7.98. The highest BCUT2D eigenvalue weighted by atomic mass is 32.2. The maximum atomic E-state index is 11.6. The number of nitrogens with zero attached hydrogens (tertiary/aromatic N) is 1. The van der Waals surface area contributed by atoms with Gasteiger partial charge in [0, 0.05) is 19.4 Å². The molecule has 4 nitrogen and oxygen atoms in total. The van der Waals surface area contributed by atoms with Gasteiger partial charge in [-0.05, 0) is 31.7 Å². The Morgan fingerprint density at radius 1 is 1.40 bits per heavy atom. The van der Waals surface area contributed by atoms with Gasteiger partial charge >= 0.3 is 0 Å². The average molecular weight is 229 g/mol. The predicted octanol–water partition coefficient (Wildman–Crippen LogP) is 1.21. The summed E-state index contributed by atoms with van der Waals surface area (Å²) < 4.78 is 7.17. The summed E-state index contributed by atoms with van der Waals surface area (Å²) in [4.78, 5) is 23.0. The molecule has 0 saturated carbocycles. The standard InChI is InChI=1S/C10H15NO3S/c1-6(12)9-8-4-3-5-14-10(8)15-11(9)7(2)13/h8-10H,3-5H2,1-2H3. The maximum absolute atomic E-state index is 11.6. The molecule has 2 aliphatic rings. The molecule has 0 radical (unpaired) electrons. The molecule has 0 N–H and O–H groups in total. The molecule has 3 atom stereocenters. The number of fused-ring (bicyclic) bond motifs is 1. The topological polar surface area (TPSA) is 46.6 Å². The normalized spacial score (nSPS) is 35.1. The van der Waals surface area contributed by atoms with Crippen LogP contribution < -0.4 is 0 Å². The van der Waals surface area contributed by atoms with E-state index in [0.717, 1.165) is 19.4 Å². The Labute approximate surface area is 93.5 Å². The molecule has 2 saturated heterocycles. The van der Waals surface area contributed by atoms with Crippen molar-refractivity contribution in [3.8, 4) is 0 Å². The minimum atomic E-state index is -0.280. The van der Waals surface area contributed by atoms with Crippen molar-refractivity contribution in [2.24, 2.45) is 5.92 Å². The van der Waals surface area contributed by atoms with Gasteiger partial charge in [-0.25, -0.2) is 0 Å². The van der Waals surface area contributed by atoms with E-state index in [9.17, 15) is 9.59 Å². The van der Waals surface area contributed by atoms with Gasteiger partial charge in [0.15, 0.2) is 5.78 Å². The van der Waals surface area contributed by atoms with Crippen molar-refractivity contribution < 1.29 is 14.3 Å². The number of ether oxygens (including phenoxy) is 1. The second-order valence-corrected chi connectivity index (χ2v) is 5.12. The first kappa shape index (κ1) is 11.0. The van der Waals surface area contributed by atoms with Crippen LogP contribution in [0.1, 0.15) is 26.7 Å². The first-order chi connectivity index (χ1) is 7.11. The van der Waals surface area contributed by atoms with Gasteiger partial charge in [-0.1, -0.05) is 0 Å². The van der Waals surface area contributed by atoms with E-state index in [0.29, 0.717) is 0 Å². The number of rotatable bonds is 1. The van der Waals surface area contributed by atoms with Gasteiger partial charge in [-0.15, -0.1) is 0 Å². The van der Waals surface area contributed by atoms with E-state index in [1.807, 2.05) is 0 Å². The van der Waals surface area contributed by atoms with E-state index in [1.54, 1.807) is 11.2 Å². The van der Waals surface area contributed by atoms with Crippen molar-refractivity contribution in [2.75, 3.05) is 6.61 Å². The molecule has 0 spiro atoms. The summed E-state index contributed by atoms with van der Waals surface area (Å²) in [7, 11) is 0. The van der Waals surface area contributed by atoms with Crippen LogP contribution in [0.15, 0.2) is 0 Å². The highest BCUT2D eigenvalue weighted by Crippen LogP contribution is 2.44. The third kappa shape index (κ3) is 1.90. The molecule has 5 heteroatoms. The second-order valence-electron chi connectivity index (χ2n) is 4.05. The van der Waals surface area contributed by atoms with E-state index < -0.39 is 0 Å². The summed E-state index contributed by atoms with van der Waals surface area (Å²) in [6.45, 7) is 3.79. The van der Waals surface area contributed by atoms with Crippen LogP contribution in [0.25, 0.3) is 0 Å². The predicted molar refractivity (Wildman–Crippen MR) is 57.0 cm³/mol. The summed E-state index contributed by atoms with van der Waals surface area (Å²) in [6.07, 6.45) is 1.96. The molecular formula is C10H15NO3S. The van der Waals surface area contributed by atoms with Crippen LogP contribution in [0.4, 0.5) is 0 Å². The summed E-state index contributed by atoms with van der Waals surface area (Å²) in [5.74, 6) is 0.194. The first-order valence-corrected chi connectivity index (χ1v) is 6.03. The lowest BCUT2D eigenvalue weighted by Gasteiger charge is -2.26. The molecule has 15 heavy (non-hydrogen) atoms. The Bertz CT molecular complexity index is 294. The average Bonchev–Trinajstić information content (AvgIpc) is 2.56. The van der Waals surface area contributed by atoms with Crippen LogP contribution in [0, 0.1) is 5.92 Å². The van der Waals surface area contributed by atoms with Crippen molar-refractivity contribution >= 4 is 23.6 Å². The van der Waals surface area contributed by atoms with Crippen LogP contribution in [0.3, 0.4) is 0 Å². The third-order valence-corrected chi connectivity index (χ3v) is 4.32. The lowest BCUT2D eigenvalue weighted by atomic mass is 9.91. The molecular weight excluding hydrogens is 214 g/mol. The Morgan fingerprint density at radius 3 is 2.73 bits per heavy atom. The molecule has 2 fully saturated rings. The Balaban J connectivity index is 2.21. The Kier molecular flexibility index (Phi) is 3.02. The molecule has 84 valence electrons. The van der Waals surface area contributed by atoms with Crippen LogP contribution >= 0.6 is 11.9 Å². The van der Waals surface area contributed by atoms with Crippen molar-refractivity contribution in [1.82, 2.24) is 4.31 Å². The van der Waals surface area contributed by atoms with Crippen molar-refractivity contribution in [2.45, 2.75) is 38.2 Å². The van der Waals surface area contributed by atoms with E-state index in [1.165, 1.54) is 18.9 Å². The van der Waals surface area contributed by atoms with E-state index >= 15 is 0 Å². The first-order valence-electron chi connectivity index (χ1n) is 5.20. The smallest absolute Gasteiger partial charge is 0.230 e. The fourth-order valence-corrected chi connectivity index (χ4v) is 3.69. The largest absolute Gasteiger partial charge is 0.365 e. The maximum Gasteiger partial charge on any atom is 0.230 e. The van der Waals surface area contributed by atoms with Gasteiger partial charge in [0.1, 0.15) is 11.5 Å². The van der Waals surface area contributed by atoms with Crippen LogP contribution in [-0.2, 0) is 14.3 Å². The van der Waals surface area contributed by atoms with Crippen LogP contribution in [0.5, 0.6) is 0 Å². The van der Waals surface area contributed by atoms with E-state index in [4.69, 9.17) is 4.74 Å². The number of carbonyl (C=O) groups is 2. The van der Waals surface area contributed by atoms with Gasteiger partial charge in [-0.3, -0.25) is 13.9 Å². The SMILES string of the molecule is CC(=O)C1C2CCCOC2SN1C(C)=O. The van der Waals surface area contributed by atoms with E-state index in [-0.39, 0.29) is 29.1 Å². The zero-order valence-electron chi connectivity index (χ0n) is 8.93. The molecule has 2 aliphatic heterocycles. The number of hydrogen-bond donors (Lipinski definition) is 0. The minimum absolute atomic E-state index is 0.00319. The highest BCUT2D eigenvalue weighted by Gasteiger charge is 2.48. The summed E-state index contributed by atoms with van der Waals surface area (Å²) in [5, 5.41) is 0. The molecule has 3 unspecified atom stereocenters. The van der Waals surface area contributed by atoms with Gasteiger partial charge in [0.25, 0.3) is 0 Å². The quantitative estimate of drug-likeness (QED) is 0.634. The lowest BCUT2D eigenvalue weighted by molar-refractivity contribution is -0.133. The van der Waals surface area contributed by atoms with Crippen LogP contribution in [-0.4, -0.2) is 34.1 Å². The summed E-state index contributed by atoms with van der Waals surface area (Å²) in [6, 6.07) is -0.280. The fourth-order valence-electron chi connectivity index (χ4n) is 2.28. The molecule has 0 bridgehead atoms. The number of ketones is 1. The molecule has 2 heterocycles. The second kappa shape index (κ2) is 4.14. The van der Waals surface area contributed by atoms with Crippen molar-refractivity contribution in [3.05, 3.63) is 0 Å². The molecule has 0 aromatic carbocycles. The van der Waals surface area contributed by atoms with Crippen molar-refractivity contribution in [1.29, 1.82) is 0 Å².